The Bertz CT molecular complexity index is 922. The smallest absolute Gasteiger partial charge is 0.323 e. The lowest BCUT2D eigenvalue weighted by atomic mass is 10.1. The highest BCUT2D eigenvalue weighted by atomic mass is 32.2. The summed E-state index contributed by atoms with van der Waals surface area (Å²) in [5, 5.41) is 9.23. The summed E-state index contributed by atoms with van der Waals surface area (Å²) in [5.41, 5.74) is 1.60. The minimum Gasteiger partial charge on any atom is -0.480 e. The van der Waals surface area contributed by atoms with Crippen molar-refractivity contribution in [2.75, 3.05) is 18.8 Å². The molecule has 33 heavy (non-hydrogen) atoms. The summed E-state index contributed by atoms with van der Waals surface area (Å²) in [5.74, 6) is -0.667. The van der Waals surface area contributed by atoms with E-state index in [0.29, 0.717) is 17.7 Å². The molecule has 1 aliphatic rings. The summed E-state index contributed by atoms with van der Waals surface area (Å²) in [7, 11) is 0. The van der Waals surface area contributed by atoms with Crippen LogP contribution in [0.4, 0.5) is 0 Å². The van der Waals surface area contributed by atoms with Crippen LogP contribution >= 0.6 is 11.8 Å². The Kier molecular flexibility index (Phi) is 9.36. The van der Waals surface area contributed by atoms with Gasteiger partial charge in [0.25, 0.3) is 5.91 Å². The molecule has 176 valence electrons. The lowest BCUT2D eigenvalue weighted by Crippen LogP contribution is -2.48. The Morgan fingerprint density at radius 2 is 1.67 bits per heavy atom. The second kappa shape index (κ2) is 12.4. The summed E-state index contributed by atoms with van der Waals surface area (Å²) in [6.45, 7) is 1.97. The molecule has 1 fully saturated rings. The van der Waals surface area contributed by atoms with E-state index in [1.54, 1.807) is 23.9 Å². The first-order chi connectivity index (χ1) is 16.0. The van der Waals surface area contributed by atoms with Crippen molar-refractivity contribution in [3.8, 4) is 0 Å². The highest BCUT2D eigenvalue weighted by Gasteiger charge is 2.40. The van der Waals surface area contributed by atoms with Gasteiger partial charge in [-0.05, 0) is 24.1 Å². The van der Waals surface area contributed by atoms with Crippen LogP contribution in [-0.2, 0) is 9.59 Å². The lowest BCUT2D eigenvalue weighted by molar-refractivity contribution is -0.144. The van der Waals surface area contributed by atoms with Crippen molar-refractivity contribution in [2.24, 2.45) is 0 Å². The molecule has 3 rings (SSSR count). The third-order valence-electron chi connectivity index (χ3n) is 5.79. The fourth-order valence-corrected chi connectivity index (χ4v) is 5.55. The summed E-state index contributed by atoms with van der Waals surface area (Å²) in [6.07, 6.45) is 4.17. The maximum absolute atomic E-state index is 13.6. The highest BCUT2D eigenvalue weighted by Crippen LogP contribution is 2.42. The zero-order valence-electron chi connectivity index (χ0n) is 19.1. The summed E-state index contributed by atoms with van der Waals surface area (Å²) < 4.78 is 0. The summed E-state index contributed by atoms with van der Waals surface area (Å²) in [4.78, 5) is 41.2. The Hall–Kier alpha value is -2.80. The number of carbonyl (C=O) groups excluding carboxylic acids is 2. The molecule has 1 unspecified atom stereocenters. The van der Waals surface area contributed by atoms with Crippen molar-refractivity contribution < 1.29 is 19.5 Å². The minimum atomic E-state index is -1.04. The Morgan fingerprint density at radius 3 is 2.30 bits per heavy atom. The molecule has 1 N–H and O–H groups in total. The first-order valence-electron chi connectivity index (χ1n) is 11.5. The number of benzene rings is 2. The van der Waals surface area contributed by atoms with E-state index < -0.39 is 5.97 Å². The molecule has 6 nitrogen and oxygen atoms in total. The highest BCUT2D eigenvalue weighted by molar-refractivity contribution is 7.99. The molecule has 0 bridgehead atoms. The third-order valence-corrected chi connectivity index (χ3v) is 7.18. The molecule has 0 aromatic heterocycles. The van der Waals surface area contributed by atoms with Gasteiger partial charge in [0.1, 0.15) is 11.9 Å². The Balaban J connectivity index is 1.82. The van der Waals surface area contributed by atoms with Gasteiger partial charge in [0.15, 0.2) is 0 Å². The number of nitrogens with zero attached hydrogens (tertiary/aromatic N) is 2. The van der Waals surface area contributed by atoms with E-state index in [1.807, 2.05) is 53.4 Å². The van der Waals surface area contributed by atoms with E-state index in [-0.39, 0.29) is 36.3 Å². The summed E-state index contributed by atoms with van der Waals surface area (Å²) >= 11 is 1.65. The van der Waals surface area contributed by atoms with Crippen LogP contribution in [0.25, 0.3) is 0 Å². The van der Waals surface area contributed by atoms with Gasteiger partial charge in [-0.15, -0.1) is 11.8 Å². The first-order valence-corrected chi connectivity index (χ1v) is 12.6. The number of amides is 2. The second-order valence-corrected chi connectivity index (χ2v) is 9.42. The monoisotopic (exact) mass is 468 g/mol. The first kappa shape index (κ1) is 24.8. The van der Waals surface area contributed by atoms with E-state index in [2.05, 4.69) is 6.92 Å². The Labute approximate surface area is 200 Å². The maximum Gasteiger partial charge on any atom is 0.323 e. The maximum atomic E-state index is 13.6. The van der Waals surface area contributed by atoms with E-state index in [0.717, 1.165) is 31.2 Å². The molecule has 0 aliphatic carbocycles. The van der Waals surface area contributed by atoms with Gasteiger partial charge in [-0.2, -0.15) is 0 Å². The van der Waals surface area contributed by atoms with Gasteiger partial charge in [-0.1, -0.05) is 74.7 Å². The van der Waals surface area contributed by atoms with Gasteiger partial charge in [0.05, 0.1) is 6.04 Å². The van der Waals surface area contributed by atoms with Gasteiger partial charge in [-0.3, -0.25) is 14.4 Å². The largest absolute Gasteiger partial charge is 0.480 e. The molecular formula is C26H32N2O4S. The third kappa shape index (κ3) is 6.84. The van der Waals surface area contributed by atoms with Crippen molar-refractivity contribution in [3.63, 3.8) is 0 Å². The number of hydrogen-bond acceptors (Lipinski definition) is 4. The van der Waals surface area contributed by atoms with Gasteiger partial charge >= 0.3 is 5.97 Å². The average molecular weight is 469 g/mol. The standard InChI is InChI=1S/C26H32N2O4S/c1-2-3-4-11-16-23(29)27(18-24(30)31)17-22-19-33-26(21-14-9-6-10-15-21)28(22)25(32)20-12-7-5-8-13-20/h5-10,12-15,22,26H,2-4,11,16-19H2,1H3,(H,30,31)/t22-,26?/m1/s1. The van der Waals surface area contributed by atoms with Crippen LogP contribution < -0.4 is 0 Å². The van der Waals surface area contributed by atoms with E-state index in [9.17, 15) is 19.5 Å². The van der Waals surface area contributed by atoms with Crippen molar-refractivity contribution >= 4 is 29.5 Å². The van der Waals surface area contributed by atoms with Crippen LogP contribution in [0.5, 0.6) is 0 Å². The number of rotatable bonds is 11. The fraction of sp³-hybridized carbons (Fsp3) is 0.423. The normalized spacial score (nSPS) is 17.7. The van der Waals surface area contributed by atoms with Gasteiger partial charge in [0.2, 0.25) is 5.91 Å². The van der Waals surface area contributed by atoms with Crippen molar-refractivity contribution in [3.05, 3.63) is 71.8 Å². The zero-order chi connectivity index (χ0) is 23.6. The molecule has 2 amide bonds. The molecule has 2 aromatic rings. The molecular weight excluding hydrogens is 436 g/mol. The number of carboxylic acids is 1. The van der Waals surface area contributed by atoms with Gasteiger partial charge in [0, 0.05) is 24.3 Å². The zero-order valence-corrected chi connectivity index (χ0v) is 19.9. The van der Waals surface area contributed by atoms with Crippen LogP contribution in [-0.4, -0.2) is 57.6 Å². The molecule has 0 spiro atoms. The second-order valence-electron chi connectivity index (χ2n) is 8.31. The topological polar surface area (TPSA) is 77.9 Å². The van der Waals surface area contributed by atoms with E-state index >= 15 is 0 Å². The minimum absolute atomic E-state index is 0.106. The average Bonchev–Trinajstić information content (AvgIpc) is 3.25. The van der Waals surface area contributed by atoms with Crippen LogP contribution in [0.1, 0.15) is 60.3 Å². The number of unbranched alkanes of at least 4 members (excludes halogenated alkanes) is 3. The molecule has 2 aromatic carbocycles. The summed E-state index contributed by atoms with van der Waals surface area (Å²) in [6, 6.07) is 18.7. The number of thioether (sulfide) groups is 1. The van der Waals surface area contributed by atoms with E-state index in [1.165, 1.54) is 4.90 Å². The van der Waals surface area contributed by atoms with Gasteiger partial charge in [-0.25, -0.2) is 0 Å². The molecule has 1 heterocycles. The molecule has 1 saturated heterocycles. The van der Waals surface area contributed by atoms with Crippen molar-refractivity contribution in [1.29, 1.82) is 0 Å². The molecule has 2 atom stereocenters. The van der Waals surface area contributed by atoms with Crippen molar-refractivity contribution in [2.45, 2.75) is 50.4 Å². The number of hydrogen-bond donors (Lipinski definition) is 1. The quantitative estimate of drug-likeness (QED) is 0.478. The predicted molar refractivity (Wildman–Crippen MR) is 131 cm³/mol. The molecule has 1 aliphatic heterocycles. The molecule has 0 radical (unpaired) electrons. The predicted octanol–water partition coefficient (Wildman–Crippen LogP) is 4.83. The van der Waals surface area contributed by atoms with Gasteiger partial charge < -0.3 is 14.9 Å². The SMILES string of the molecule is CCCCCCC(=O)N(CC(=O)O)C[C@@H]1CSC(c2ccccc2)N1C(=O)c1ccccc1. The number of aliphatic carboxylic acids is 1. The number of carboxylic acid groups (broad SMARTS) is 1. The molecule has 7 heteroatoms. The van der Waals surface area contributed by atoms with Crippen LogP contribution in [0.3, 0.4) is 0 Å². The fourth-order valence-electron chi connectivity index (χ4n) is 4.10. The van der Waals surface area contributed by atoms with Crippen molar-refractivity contribution in [1.82, 2.24) is 9.80 Å². The van der Waals surface area contributed by atoms with Crippen LogP contribution in [0.2, 0.25) is 0 Å². The Morgan fingerprint density at radius 1 is 1.00 bits per heavy atom. The van der Waals surface area contributed by atoms with E-state index in [4.69, 9.17) is 0 Å². The number of carbonyl (C=O) groups is 3. The molecule has 0 saturated carbocycles. The van der Waals surface area contributed by atoms with Crippen LogP contribution in [0.15, 0.2) is 60.7 Å². The van der Waals surface area contributed by atoms with Crippen LogP contribution in [0, 0.1) is 0 Å². The lowest BCUT2D eigenvalue weighted by Gasteiger charge is -2.33.